The summed E-state index contributed by atoms with van der Waals surface area (Å²) in [5.74, 6) is 3.86. The lowest BCUT2D eigenvalue weighted by Gasteiger charge is -2.60. The predicted molar refractivity (Wildman–Crippen MR) is 104 cm³/mol. The van der Waals surface area contributed by atoms with Crippen LogP contribution in [0, 0.1) is 34.5 Å². The highest BCUT2D eigenvalue weighted by molar-refractivity contribution is 5.72. The number of pyridine rings is 1. The number of allylic oxidation sites excluding steroid dienone is 2. The van der Waals surface area contributed by atoms with E-state index in [0.29, 0.717) is 10.8 Å². The van der Waals surface area contributed by atoms with E-state index in [1.807, 2.05) is 6.20 Å². The zero-order valence-electron chi connectivity index (χ0n) is 16.0. The molecule has 4 unspecified atom stereocenters. The summed E-state index contributed by atoms with van der Waals surface area (Å²) in [6.45, 7) is 5.26. The van der Waals surface area contributed by atoms with Gasteiger partial charge in [0.25, 0.3) is 0 Å². The number of nitrogens with zero attached hydrogens (tertiary/aromatic N) is 1. The number of aromatic nitrogens is 1. The van der Waals surface area contributed by atoms with Gasteiger partial charge in [-0.3, -0.25) is 4.98 Å². The monoisotopic (exact) mass is 335 g/mol. The van der Waals surface area contributed by atoms with Crippen molar-refractivity contribution in [3.8, 4) is 0 Å². The molecule has 4 aliphatic rings. The minimum Gasteiger partial charge on any atom is -0.264 e. The van der Waals surface area contributed by atoms with Gasteiger partial charge in [0.15, 0.2) is 0 Å². The molecule has 1 aromatic rings. The van der Waals surface area contributed by atoms with Gasteiger partial charge in [-0.2, -0.15) is 0 Å². The minimum atomic E-state index is 0.391. The molecular formula is C24H33N. The fourth-order valence-electron chi connectivity index (χ4n) is 7.83. The van der Waals surface area contributed by atoms with Crippen LogP contribution in [0.5, 0.6) is 0 Å². The zero-order valence-corrected chi connectivity index (χ0v) is 16.0. The van der Waals surface area contributed by atoms with Crippen molar-refractivity contribution in [1.82, 2.24) is 4.98 Å². The van der Waals surface area contributed by atoms with Gasteiger partial charge in [0, 0.05) is 12.4 Å². The Labute approximate surface area is 153 Å². The van der Waals surface area contributed by atoms with Gasteiger partial charge in [-0.25, -0.2) is 0 Å². The summed E-state index contributed by atoms with van der Waals surface area (Å²) >= 11 is 0. The van der Waals surface area contributed by atoms with E-state index < -0.39 is 0 Å². The van der Waals surface area contributed by atoms with Crippen molar-refractivity contribution in [1.29, 1.82) is 0 Å². The van der Waals surface area contributed by atoms with Crippen LogP contribution in [0.1, 0.15) is 77.2 Å². The van der Waals surface area contributed by atoms with Crippen LogP contribution in [0.25, 0.3) is 5.57 Å². The molecule has 3 saturated carbocycles. The van der Waals surface area contributed by atoms with Gasteiger partial charge in [0.2, 0.25) is 0 Å². The Bertz CT molecular complexity index is 677. The molecule has 4 aliphatic carbocycles. The Kier molecular flexibility index (Phi) is 3.67. The van der Waals surface area contributed by atoms with Crippen LogP contribution in [-0.4, -0.2) is 4.98 Å². The summed E-state index contributed by atoms with van der Waals surface area (Å²) in [5, 5.41) is 0. The van der Waals surface area contributed by atoms with E-state index in [1.54, 1.807) is 5.57 Å². The molecule has 0 aliphatic heterocycles. The normalized spacial score (nSPS) is 45.9. The van der Waals surface area contributed by atoms with Crippen molar-refractivity contribution in [2.75, 3.05) is 0 Å². The van der Waals surface area contributed by atoms with Crippen molar-refractivity contribution >= 4 is 5.57 Å². The third-order valence-corrected chi connectivity index (χ3v) is 9.14. The largest absolute Gasteiger partial charge is 0.264 e. The van der Waals surface area contributed by atoms with Crippen LogP contribution < -0.4 is 0 Å². The Morgan fingerprint density at radius 2 is 1.92 bits per heavy atom. The van der Waals surface area contributed by atoms with E-state index in [-0.39, 0.29) is 0 Å². The molecule has 0 aromatic carbocycles. The summed E-state index contributed by atoms with van der Waals surface area (Å²) < 4.78 is 0. The van der Waals surface area contributed by atoms with E-state index in [0.717, 1.165) is 23.7 Å². The summed E-state index contributed by atoms with van der Waals surface area (Å²) in [6, 6.07) is 4.38. The highest BCUT2D eigenvalue weighted by Gasteiger charge is 2.57. The number of hydrogen-bond acceptors (Lipinski definition) is 1. The van der Waals surface area contributed by atoms with Crippen LogP contribution in [0.2, 0.25) is 0 Å². The third-order valence-electron chi connectivity index (χ3n) is 9.14. The second-order valence-electron chi connectivity index (χ2n) is 9.95. The van der Waals surface area contributed by atoms with Crippen LogP contribution in [0.15, 0.2) is 30.6 Å². The molecule has 0 radical (unpaired) electrons. The molecule has 1 heteroatoms. The molecule has 0 saturated heterocycles. The number of fused-ring (bicyclic) bond motifs is 5. The van der Waals surface area contributed by atoms with Crippen molar-refractivity contribution in [3.05, 3.63) is 36.2 Å². The van der Waals surface area contributed by atoms with Crippen molar-refractivity contribution in [2.45, 2.75) is 71.6 Å². The van der Waals surface area contributed by atoms with Crippen molar-refractivity contribution in [3.63, 3.8) is 0 Å². The molecule has 1 nitrogen and oxygen atoms in total. The molecule has 0 spiro atoms. The summed E-state index contributed by atoms with van der Waals surface area (Å²) in [6.07, 6.45) is 19.7. The van der Waals surface area contributed by atoms with Crippen LogP contribution in [0.4, 0.5) is 0 Å². The maximum atomic E-state index is 4.40. The molecule has 3 fully saturated rings. The first-order valence-electron chi connectivity index (χ1n) is 10.7. The number of hydrogen-bond donors (Lipinski definition) is 0. The molecule has 134 valence electrons. The summed E-state index contributed by atoms with van der Waals surface area (Å²) in [5.41, 5.74) is 4.03. The predicted octanol–water partition coefficient (Wildman–Crippen LogP) is 6.51. The fraction of sp³-hybridized carbons (Fsp3) is 0.708. The first kappa shape index (κ1) is 16.1. The van der Waals surface area contributed by atoms with Gasteiger partial charge in [0.05, 0.1) is 0 Å². The SMILES string of the molecule is C[C@]12CCCCC1CCC1C2CC[C@]2(C)C(c3cccnc3)=CCC12. The van der Waals surface area contributed by atoms with Crippen molar-refractivity contribution in [2.24, 2.45) is 34.5 Å². The van der Waals surface area contributed by atoms with Crippen LogP contribution in [-0.2, 0) is 0 Å². The molecule has 0 bridgehead atoms. The molecule has 25 heavy (non-hydrogen) atoms. The van der Waals surface area contributed by atoms with E-state index in [1.165, 1.54) is 63.4 Å². The van der Waals surface area contributed by atoms with Gasteiger partial charge >= 0.3 is 0 Å². The number of rotatable bonds is 1. The Morgan fingerprint density at radius 1 is 1.00 bits per heavy atom. The quantitative estimate of drug-likeness (QED) is 0.570. The molecule has 1 heterocycles. The van der Waals surface area contributed by atoms with E-state index in [9.17, 15) is 0 Å². The van der Waals surface area contributed by atoms with Gasteiger partial charge < -0.3 is 0 Å². The lowest BCUT2D eigenvalue weighted by molar-refractivity contribution is -0.0953. The maximum Gasteiger partial charge on any atom is 0.0343 e. The van der Waals surface area contributed by atoms with Gasteiger partial charge in [-0.05, 0) is 96.7 Å². The van der Waals surface area contributed by atoms with Crippen molar-refractivity contribution < 1.29 is 0 Å². The maximum absolute atomic E-state index is 4.40. The lowest BCUT2D eigenvalue weighted by atomic mass is 9.45. The highest BCUT2D eigenvalue weighted by atomic mass is 14.6. The molecule has 1 aromatic heterocycles. The van der Waals surface area contributed by atoms with Crippen LogP contribution >= 0.6 is 0 Å². The van der Waals surface area contributed by atoms with Gasteiger partial charge in [0.1, 0.15) is 0 Å². The second kappa shape index (κ2) is 5.69. The Morgan fingerprint density at radius 3 is 2.76 bits per heavy atom. The summed E-state index contributed by atoms with van der Waals surface area (Å²) in [7, 11) is 0. The highest BCUT2D eigenvalue weighted by Crippen LogP contribution is 2.67. The van der Waals surface area contributed by atoms with Gasteiger partial charge in [-0.15, -0.1) is 0 Å². The second-order valence-corrected chi connectivity index (χ2v) is 9.95. The van der Waals surface area contributed by atoms with E-state index in [4.69, 9.17) is 0 Å². The zero-order chi connectivity index (χ0) is 17.1. The smallest absolute Gasteiger partial charge is 0.0343 e. The minimum absolute atomic E-state index is 0.391. The third kappa shape index (κ3) is 2.23. The first-order valence-corrected chi connectivity index (χ1v) is 10.7. The average Bonchev–Trinajstić information content (AvgIpc) is 2.99. The summed E-state index contributed by atoms with van der Waals surface area (Å²) in [4.78, 5) is 4.40. The molecule has 0 amide bonds. The lowest BCUT2D eigenvalue weighted by Crippen LogP contribution is -2.52. The standard InChI is InChI=1S/C24H33N/c1-23-13-4-3-7-18(23)8-9-19-21-11-10-20(17-6-5-15-25-16-17)24(21,2)14-12-22(19)23/h5-6,10,15-16,18-19,21-22H,3-4,7-9,11-14H2,1-2H3/t18?,19?,21?,22?,23-,24+/m0/s1. The fourth-order valence-corrected chi connectivity index (χ4v) is 7.83. The van der Waals surface area contributed by atoms with E-state index in [2.05, 4.69) is 43.2 Å². The first-order chi connectivity index (χ1) is 12.1. The topological polar surface area (TPSA) is 12.9 Å². The Balaban J connectivity index is 1.46. The van der Waals surface area contributed by atoms with Crippen LogP contribution in [0.3, 0.4) is 0 Å². The molecular weight excluding hydrogens is 302 g/mol. The molecule has 6 atom stereocenters. The average molecular weight is 336 g/mol. The molecule has 5 rings (SSSR count). The Hall–Kier alpha value is -1.11. The van der Waals surface area contributed by atoms with E-state index >= 15 is 0 Å². The van der Waals surface area contributed by atoms with Gasteiger partial charge in [-0.1, -0.05) is 38.8 Å². The molecule has 0 N–H and O–H groups in total.